The Labute approximate surface area is 168 Å². The van der Waals surface area contributed by atoms with E-state index in [4.69, 9.17) is 10.1 Å². The molecule has 0 aromatic carbocycles. The Morgan fingerprint density at radius 1 is 1.04 bits per heavy atom. The van der Waals surface area contributed by atoms with E-state index in [2.05, 4.69) is 21.9 Å². The SMILES string of the molecule is Cn1nc(CCCN2CCC[C@@H]2CO)c2ccc(N3CCCCCCC3)nc21. The van der Waals surface area contributed by atoms with E-state index >= 15 is 0 Å². The zero-order valence-corrected chi connectivity index (χ0v) is 17.3. The highest BCUT2D eigenvalue weighted by Gasteiger charge is 2.23. The molecule has 4 rings (SSSR count). The molecule has 6 heteroatoms. The zero-order valence-electron chi connectivity index (χ0n) is 17.3. The minimum Gasteiger partial charge on any atom is -0.395 e. The molecule has 0 saturated carbocycles. The minimum absolute atomic E-state index is 0.287. The van der Waals surface area contributed by atoms with Crippen LogP contribution in [-0.4, -0.2) is 63.6 Å². The molecule has 2 aliphatic heterocycles. The van der Waals surface area contributed by atoms with Crippen molar-refractivity contribution in [3.05, 3.63) is 17.8 Å². The highest BCUT2D eigenvalue weighted by atomic mass is 16.3. The largest absolute Gasteiger partial charge is 0.395 e. The highest BCUT2D eigenvalue weighted by Crippen LogP contribution is 2.24. The molecule has 0 spiro atoms. The van der Waals surface area contributed by atoms with Crippen LogP contribution >= 0.6 is 0 Å². The number of aliphatic hydroxyl groups is 1. The molecule has 2 saturated heterocycles. The third kappa shape index (κ3) is 4.33. The van der Waals surface area contributed by atoms with Crippen LogP contribution in [0.5, 0.6) is 0 Å². The van der Waals surface area contributed by atoms with Crippen molar-refractivity contribution in [2.24, 2.45) is 7.05 Å². The number of hydrogen-bond acceptors (Lipinski definition) is 5. The van der Waals surface area contributed by atoms with Crippen LogP contribution in [0.1, 0.15) is 57.1 Å². The summed E-state index contributed by atoms with van der Waals surface area (Å²) in [5.41, 5.74) is 2.16. The number of aryl methyl sites for hydroxylation is 2. The highest BCUT2D eigenvalue weighted by molar-refractivity contribution is 5.80. The monoisotopic (exact) mass is 385 g/mol. The van der Waals surface area contributed by atoms with Crippen molar-refractivity contribution in [3.63, 3.8) is 0 Å². The molecule has 28 heavy (non-hydrogen) atoms. The number of likely N-dealkylation sites (tertiary alicyclic amines) is 1. The Balaban J connectivity index is 1.43. The van der Waals surface area contributed by atoms with E-state index in [0.29, 0.717) is 6.04 Å². The molecule has 154 valence electrons. The molecule has 1 N–H and O–H groups in total. The lowest BCUT2D eigenvalue weighted by molar-refractivity contribution is 0.158. The second kappa shape index (κ2) is 9.23. The predicted octanol–water partition coefficient (Wildman–Crippen LogP) is 3.13. The summed E-state index contributed by atoms with van der Waals surface area (Å²) < 4.78 is 1.95. The van der Waals surface area contributed by atoms with Gasteiger partial charge >= 0.3 is 0 Å². The molecule has 1 atom stereocenters. The fourth-order valence-corrected chi connectivity index (χ4v) is 4.88. The fraction of sp³-hybridized carbons (Fsp3) is 0.727. The molecule has 0 unspecified atom stereocenters. The van der Waals surface area contributed by atoms with E-state index in [-0.39, 0.29) is 6.61 Å². The van der Waals surface area contributed by atoms with Crippen molar-refractivity contribution in [1.82, 2.24) is 19.7 Å². The summed E-state index contributed by atoms with van der Waals surface area (Å²) in [6.45, 7) is 4.68. The molecule has 2 aliphatic rings. The summed E-state index contributed by atoms with van der Waals surface area (Å²) >= 11 is 0. The molecular weight excluding hydrogens is 350 g/mol. The average molecular weight is 386 g/mol. The van der Waals surface area contributed by atoms with Crippen LogP contribution in [0.25, 0.3) is 11.0 Å². The Bertz CT molecular complexity index is 766. The second-order valence-corrected chi connectivity index (χ2v) is 8.48. The smallest absolute Gasteiger partial charge is 0.160 e. The van der Waals surface area contributed by atoms with E-state index in [1.807, 2.05) is 11.7 Å². The first-order chi connectivity index (χ1) is 13.8. The van der Waals surface area contributed by atoms with Gasteiger partial charge < -0.3 is 10.0 Å². The molecule has 0 bridgehead atoms. The number of fused-ring (bicyclic) bond motifs is 1. The van der Waals surface area contributed by atoms with Gasteiger partial charge in [0.25, 0.3) is 0 Å². The zero-order chi connectivity index (χ0) is 19.3. The van der Waals surface area contributed by atoms with Crippen molar-refractivity contribution in [3.8, 4) is 0 Å². The first-order valence-electron chi connectivity index (χ1n) is 11.2. The first-order valence-corrected chi connectivity index (χ1v) is 11.2. The van der Waals surface area contributed by atoms with Crippen LogP contribution in [0.4, 0.5) is 5.82 Å². The molecule has 0 aliphatic carbocycles. The summed E-state index contributed by atoms with van der Waals surface area (Å²) in [6, 6.07) is 4.78. The van der Waals surface area contributed by atoms with Gasteiger partial charge in [-0.2, -0.15) is 5.10 Å². The van der Waals surface area contributed by atoms with Gasteiger partial charge in [-0.3, -0.25) is 9.58 Å². The maximum absolute atomic E-state index is 9.49. The summed E-state index contributed by atoms with van der Waals surface area (Å²) in [6.07, 6.45) is 11.0. The van der Waals surface area contributed by atoms with Gasteiger partial charge in [0, 0.05) is 31.6 Å². The van der Waals surface area contributed by atoms with Crippen molar-refractivity contribution in [2.45, 2.75) is 63.8 Å². The number of aliphatic hydroxyl groups excluding tert-OH is 1. The lowest BCUT2D eigenvalue weighted by Gasteiger charge is -2.25. The molecular formula is C22H35N5O. The van der Waals surface area contributed by atoms with Crippen LogP contribution < -0.4 is 4.90 Å². The van der Waals surface area contributed by atoms with Gasteiger partial charge in [-0.05, 0) is 63.7 Å². The Morgan fingerprint density at radius 2 is 1.82 bits per heavy atom. The van der Waals surface area contributed by atoms with Crippen molar-refractivity contribution >= 4 is 16.9 Å². The number of rotatable bonds is 6. The van der Waals surface area contributed by atoms with E-state index in [9.17, 15) is 5.11 Å². The van der Waals surface area contributed by atoms with Gasteiger partial charge in [0.2, 0.25) is 0 Å². The maximum Gasteiger partial charge on any atom is 0.160 e. The van der Waals surface area contributed by atoms with E-state index in [1.54, 1.807) is 0 Å². The number of pyridine rings is 1. The standard InChI is InChI=1S/C22H35N5O/c1-25-22-19(11-12-21(23-22)27-13-5-3-2-4-6-14-27)20(24-25)10-8-16-26-15-7-9-18(26)17-28/h11-12,18,28H,2-10,13-17H2,1H3/t18-/m1/s1. The predicted molar refractivity (Wildman–Crippen MR) is 114 cm³/mol. The second-order valence-electron chi connectivity index (χ2n) is 8.48. The first kappa shape index (κ1) is 19.6. The van der Waals surface area contributed by atoms with E-state index < -0.39 is 0 Å². The lowest BCUT2D eigenvalue weighted by Crippen LogP contribution is -2.33. The van der Waals surface area contributed by atoms with E-state index in [1.165, 1.54) is 43.9 Å². The molecule has 0 radical (unpaired) electrons. The lowest BCUT2D eigenvalue weighted by atomic mass is 10.1. The van der Waals surface area contributed by atoms with Crippen LogP contribution in [0.15, 0.2) is 12.1 Å². The molecule has 0 amide bonds. The molecule has 2 aromatic rings. The Morgan fingerprint density at radius 3 is 2.61 bits per heavy atom. The summed E-state index contributed by atoms with van der Waals surface area (Å²) in [5, 5.41) is 15.5. The Kier molecular flexibility index (Phi) is 6.47. The molecule has 2 aromatic heterocycles. The van der Waals surface area contributed by atoms with Crippen LogP contribution in [0, 0.1) is 0 Å². The normalized spacial score (nSPS) is 21.9. The maximum atomic E-state index is 9.49. The number of aromatic nitrogens is 3. The quantitative estimate of drug-likeness (QED) is 0.828. The van der Waals surface area contributed by atoms with Gasteiger partial charge in [0.1, 0.15) is 5.82 Å². The van der Waals surface area contributed by atoms with Gasteiger partial charge in [0.15, 0.2) is 5.65 Å². The van der Waals surface area contributed by atoms with Crippen molar-refractivity contribution < 1.29 is 5.11 Å². The molecule has 4 heterocycles. The summed E-state index contributed by atoms with van der Waals surface area (Å²) in [5.74, 6) is 1.10. The minimum atomic E-state index is 0.287. The number of anilines is 1. The van der Waals surface area contributed by atoms with Crippen LogP contribution in [0.3, 0.4) is 0 Å². The Hall–Kier alpha value is -1.66. The average Bonchev–Trinajstić information content (AvgIpc) is 3.26. The van der Waals surface area contributed by atoms with Crippen molar-refractivity contribution in [2.75, 3.05) is 37.7 Å². The van der Waals surface area contributed by atoms with Crippen LogP contribution in [0.2, 0.25) is 0 Å². The third-order valence-corrected chi connectivity index (χ3v) is 6.50. The summed E-state index contributed by atoms with van der Waals surface area (Å²) in [4.78, 5) is 9.87. The summed E-state index contributed by atoms with van der Waals surface area (Å²) in [7, 11) is 2.01. The van der Waals surface area contributed by atoms with Gasteiger partial charge in [-0.25, -0.2) is 4.98 Å². The van der Waals surface area contributed by atoms with Gasteiger partial charge in [0.05, 0.1) is 12.3 Å². The number of hydrogen-bond donors (Lipinski definition) is 1. The van der Waals surface area contributed by atoms with Gasteiger partial charge in [-0.15, -0.1) is 0 Å². The van der Waals surface area contributed by atoms with Crippen LogP contribution in [-0.2, 0) is 13.5 Å². The topological polar surface area (TPSA) is 57.4 Å². The van der Waals surface area contributed by atoms with Gasteiger partial charge in [-0.1, -0.05) is 19.3 Å². The van der Waals surface area contributed by atoms with E-state index in [0.717, 1.165) is 62.6 Å². The van der Waals surface area contributed by atoms with Crippen molar-refractivity contribution in [1.29, 1.82) is 0 Å². The molecule has 2 fully saturated rings. The fourth-order valence-electron chi connectivity index (χ4n) is 4.88. The molecule has 6 nitrogen and oxygen atoms in total. The number of nitrogens with zero attached hydrogens (tertiary/aromatic N) is 5. The third-order valence-electron chi connectivity index (χ3n) is 6.50.